The zero-order valence-electron chi connectivity index (χ0n) is 17.9. The van der Waals surface area contributed by atoms with Gasteiger partial charge in [0.25, 0.3) is 11.5 Å². The molecule has 0 spiro atoms. The Morgan fingerprint density at radius 2 is 1.97 bits per heavy atom. The number of H-pyrrole nitrogens is 1. The molecule has 2 aromatic rings. The number of nitrogens with two attached hydrogens (primary N) is 1. The van der Waals surface area contributed by atoms with Crippen LogP contribution in [0.3, 0.4) is 0 Å². The first-order valence-electron chi connectivity index (χ1n) is 10.3. The third kappa shape index (κ3) is 5.79. The maximum atomic E-state index is 12.4. The molecule has 1 aliphatic rings. The number of amides is 2. The third-order valence-corrected chi connectivity index (χ3v) is 5.19. The largest absolute Gasteiger partial charge is 0.480 e. The summed E-state index contributed by atoms with van der Waals surface area (Å²) in [5.41, 5.74) is 5.89. The number of aliphatic carboxylic acids is 1. The normalized spacial score (nSPS) is 15.7. The average Bonchev–Trinajstić information content (AvgIpc) is 2.79. The van der Waals surface area contributed by atoms with Gasteiger partial charge >= 0.3 is 5.97 Å². The number of nitrogen functional groups attached to an aromatic ring is 1. The molecular weight excluding hydrogens is 450 g/mol. The smallest absolute Gasteiger partial charge is 0.326 e. The van der Waals surface area contributed by atoms with Crippen molar-refractivity contribution < 1.29 is 29.7 Å². The zero-order chi connectivity index (χ0) is 24.8. The fourth-order valence-corrected chi connectivity index (χ4v) is 3.44. The summed E-state index contributed by atoms with van der Waals surface area (Å²) in [6.07, 6.45) is -1.47. The molecule has 14 nitrogen and oxygen atoms in total. The van der Waals surface area contributed by atoms with Gasteiger partial charge in [-0.05, 0) is 30.7 Å². The topological polar surface area (TPSA) is 223 Å². The van der Waals surface area contributed by atoms with Gasteiger partial charge < -0.3 is 41.9 Å². The molecule has 1 unspecified atom stereocenters. The number of carboxylic acids is 1. The summed E-state index contributed by atoms with van der Waals surface area (Å²) in [4.78, 5) is 55.1. The van der Waals surface area contributed by atoms with E-state index in [1.807, 2.05) is 0 Å². The molecule has 14 heteroatoms. The number of anilines is 4. The fourth-order valence-electron chi connectivity index (χ4n) is 3.44. The minimum Gasteiger partial charge on any atom is -0.480 e. The van der Waals surface area contributed by atoms with E-state index in [-0.39, 0.29) is 42.4 Å². The molecule has 2 heterocycles. The van der Waals surface area contributed by atoms with E-state index in [0.717, 1.165) is 0 Å². The van der Waals surface area contributed by atoms with Gasteiger partial charge in [0.05, 0.1) is 6.04 Å². The molecule has 1 aliphatic heterocycles. The average molecular weight is 475 g/mol. The highest BCUT2D eigenvalue weighted by atomic mass is 16.5. The Bertz CT molecular complexity index is 1100. The van der Waals surface area contributed by atoms with Crippen molar-refractivity contribution >= 4 is 41.4 Å². The molecule has 3 rings (SSSR count). The van der Waals surface area contributed by atoms with E-state index in [1.54, 1.807) is 12.1 Å². The summed E-state index contributed by atoms with van der Waals surface area (Å²) >= 11 is 0. The third-order valence-electron chi connectivity index (χ3n) is 5.19. The van der Waals surface area contributed by atoms with Gasteiger partial charge in [0.2, 0.25) is 12.4 Å². The molecule has 182 valence electrons. The van der Waals surface area contributed by atoms with Gasteiger partial charge in [-0.2, -0.15) is 4.98 Å². The molecule has 2 atom stereocenters. The van der Waals surface area contributed by atoms with Gasteiger partial charge in [-0.25, -0.2) is 4.79 Å². The summed E-state index contributed by atoms with van der Waals surface area (Å²) in [7, 11) is 0. The molecule has 0 bridgehead atoms. The summed E-state index contributed by atoms with van der Waals surface area (Å²) in [6.45, 7) is 0.583. The lowest BCUT2D eigenvalue weighted by Gasteiger charge is -2.34. The van der Waals surface area contributed by atoms with Crippen LogP contribution >= 0.6 is 0 Å². The number of carbonyl (C=O) groups is 3. The number of hydrogen-bond acceptors (Lipinski definition) is 10. The van der Waals surface area contributed by atoms with Crippen molar-refractivity contribution in [3.63, 3.8) is 0 Å². The standard InChI is InChI=1S/C20H25N7O7/c21-20-25-16-15(18(32)26-20)27(9-28)12(8-23-16)7-22-11-3-1-10(2-4-11)17(31)24-13(19(33)34)5-6-14(29)30/h1-4,9,12-14,22,29-30H,5-8H2,(H,24,31)(H,33,34)(H4,21,23,25,26,32)/t12?,13-/m0/s1. The fraction of sp³-hybridized carbons (Fsp3) is 0.350. The van der Waals surface area contributed by atoms with Crippen LogP contribution < -0.4 is 32.1 Å². The molecule has 0 aliphatic carbocycles. The number of aliphatic hydroxyl groups excluding tert-OH is 1. The first-order valence-corrected chi connectivity index (χ1v) is 10.3. The number of aliphatic hydroxyl groups is 2. The van der Waals surface area contributed by atoms with Crippen LogP contribution in [0.15, 0.2) is 29.1 Å². The van der Waals surface area contributed by atoms with Crippen LogP contribution in [-0.4, -0.2) is 75.0 Å². The Kier molecular flexibility index (Phi) is 7.65. The van der Waals surface area contributed by atoms with Crippen LogP contribution in [0.1, 0.15) is 23.2 Å². The number of aromatic amines is 1. The number of rotatable bonds is 10. The Balaban J connectivity index is 1.61. The number of nitrogens with zero attached hydrogens (tertiary/aromatic N) is 2. The van der Waals surface area contributed by atoms with Crippen LogP contribution in [0, 0.1) is 0 Å². The summed E-state index contributed by atoms with van der Waals surface area (Å²) < 4.78 is 0. The molecule has 0 radical (unpaired) electrons. The number of fused-ring (bicyclic) bond motifs is 1. The molecule has 1 aromatic heterocycles. The van der Waals surface area contributed by atoms with Crippen molar-refractivity contribution in [1.82, 2.24) is 15.3 Å². The second kappa shape index (κ2) is 10.6. The minimum absolute atomic E-state index is 0.0657. The molecular formula is C20H25N7O7. The highest BCUT2D eigenvalue weighted by molar-refractivity contribution is 5.96. The van der Waals surface area contributed by atoms with Crippen molar-refractivity contribution in [2.24, 2.45) is 0 Å². The molecule has 2 amide bonds. The van der Waals surface area contributed by atoms with Gasteiger partial charge in [-0.3, -0.25) is 19.4 Å². The maximum Gasteiger partial charge on any atom is 0.326 e. The first-order chi connectivity index (χ1) is 16.2. The van der Waals surface area contributed by atoms with Gasteiger partial charge in [0, 0.05) is 30.8 Å². The van der Waals surface area contributed by atoms with Crippen LogP contribution in [-0.2, 0) is 9.59 Å². The lowest BCUT2D eigenvalue weighted by molar-refractivity contribution is -0.140. The Morgan fingerprint density at radius 3 is 2.59 bits per heavy atom. The molecule has 9 N–H and O–H groups in total. The number of nitrogens with one attached hydrogen (secondary N) is 4. The Hall–Kier alpha value is -4.17. The van der Waals surface area contributed by atoms with Crippen LogP contribution in [0.25, 0.3) is 0 Å². The van der Waals surface area contributed by atoms with Crippen molar-refractivity contribution in [2.45, 2.75) is 31.2 Å². The number of aromatic nitrogens is 2. The highest BCUT2D eigenvalue weighted by Gasteiger charge is 2.29. The first kappa shape index (κ1) is 24.5. The van der Waals surface area contributed by atoms with Gasteiger partial charge in [-0.1, -0.05) is 0 Å². The molecule has 0 saturated carbocycles. The second-order valence-corrected chi connectivity index (χ2v) is 7.58. The molecule has 34 heavy (non-hydrogen) atoms. The predicted molar refractivity (Wildman–Crippen MR) is 121 cm³/mol. The zero-order valence-corrected chi connectivity index (χ0v) is 17.9. The lowest BCUT2D eigenvalue weighted by Crippen LogP contribution is -2.50. The van der Waals surface area contributed by atoms with E-state index in [0.29, 0.717) is 18.6 Å². The molecule has 0 saturated heterocycles. The molecule has 1 aromatic carbocycles. The van der Waals surface area contributed by atoms with E-state index in [2.05, 4.69) is 25.9 Å². The number of hydrogen-bond donors (Lipinski definition) is 8. The van der Waals surface area contributed by atoms with Gasteiger partial charge in [0.15, 0.2) is 17.8 Å². The predicted octanol–water partition coefficient (Wildman–Crippen LogP) is -1.50. The highest BCUT2D eigenvalue weighted by Crippen LogP contribution is 2.25. The minimum atomic E-state index is -1.67. The number of benzene rings is 1. The van der Waals surface area contributed by atoms with Crippen LogP contribution in [0.5, 0.6) is 0 Å². The van der Waals surface area contributed by atoms with E-state index < -0.39 is 35.8 Å². The molecule has 0 fully saturated rings. The summed E-state index contributed by atoms with van der Waals surface area (Å²) in [6, 6.07) is 4.50. The monoisotopic (exact) mass is 475 g/mol. The second-order valence-electron chi connectivity index (χ2n) is 7.58. The number of carboxylic acid groups (broad SMARTS) is 1. The van der Waals surface area contributed by atoms with E-state index in [1.165, 1.54) is 17.0 Å². The summed E-state index contributed by atoms with van der Waals surface area (Å²) in [5, 5.41) is 35.5. The van der Waals surface area contributed by atoms with Crippen molar-refractivity contribution in [2.75, 3.05) is 34.4 Å². The summed E-state index contributed by atoms with van der Waals surface area (Å²) in [5.74, 6) is -1.76. The van der Waals surface area contributed by atoms with Crippen molar-refractivity contribution in [3.05, 3.63) is 40.2 Å². The van der Waals surface area contributed by atoms with E-state index >= 15 is 0 Å². The van der Waals surface area contributed by atoms with Gasteiger partial charge in [-0.15, -0.1) is 0 Å². The van der Waals surface area contributed by atoms with E-state index in [9.17, 15) is 24.3 Å². The van der Waals surface area contributed by atoms with Gasteiger partial charge in [0.1, 0.15) is 6.04 Å². The quantitative estimate of drug-likeness (QED) is 0.146. The van der Waals surface area contributed by atoms with E-state index in [4.69, 9.17) is 15.9 Å². The lowest BCUT2D eigenvalue weighted by atomic mass is 10.1. The van der Waals surface area contributed by atoms with Crippen molar-refractivity contribution in [3.8, 4) is 0 Å². The number of carbonyl (C=O) groups excluding carboxylic acids is 2. The van der Waals surface area contributed by atoms with Crippen LogP contribution in [0.2, 0.25) is 0 Å². The SMILES string of the molecule is Nc1nc2c(c(=O)[nH]1)N(C=O)C(CNc1ccc(C(=O)N[C@@H](CCC(O)O)C(=O)O)cc1)CN2. The Morgan fingerprint density at radius 1 is 1.26 bits per heavy atom. The van der Waals surface area contributed by atoms with Crippen molar-refractivity contribution in [1.29, 1.82) is 0 Å². The maximum absolute atomic E-state index is 12.4. The Labute approximate surface area is 192 Å². The van der Waals surface area contributed by atoms with Crippen LogP contribution in [0.4, 0.5) is 23.1 Å².